The van der Waals surface area contributed by atoms with Crippen LogP contribution in [0.2, 0.25) is 0 Å². The molecule has 0 aliphatic carbocycles. The molecule has 0 atom stereocenters. The van der Waals surface area contributed by atoms with E-state index in [1.165, 1.54) is 52.3 Å². The lowest BCUT2D eigenvalue weighted by Gasteiger charge is -2.18. The summed E-state index contributed by atoms with van der Waals surface area (Å²) in [6.45, 7) is 3.22. The zero-order chi connectivity index (χ0) is 20.3. The number of carbonyl (C=O) groups excluding carboxylic acids is 2. The molecule has 0 aliphatic rings. The summed E-state index contributed by atoms with van der Waals surface area (Å²) in [6.07, 6.45) is 0.182. The fourth-order valence-electron chi connectivity index (χ4n) is 2.43. The first-order valence-corrected chi connectivity index (χ1v) is 10.9. The first-order valence-electron chi connectivity index (χ1n) is 8.22. The lowest BCUT2D eigenvalue weighted by molar-refractivity contribution is -0.117. The molecule has 0 radical (unpaired) electrons. The van der Waals surface area contributed by atoms with E-state index in [9.17, 15) is 14.0 Å². The van der Waals surface area contributed by atoms with Crippen molar-refractivity contribution in [2.45, 2.75) is 30.4 Å². The maximum absolute atomic E-state index is 14.1. The van der Waals surface area contributed by atoms with Gasteiger partial charge in [-0.2, -0.15) is 0 Å². The molecule has 0 saturated heterocycles. The SMILES string of the molecule is CC(=O)N(c1nc(CSc2nc(C)c(CC(N)=O)s2)cs1)c1ccccc1F. The second-order valence-corrected chi connectivity index (χ2v) is 8.99. The van der Waals surface area contributed by atoms with Crippen LogP contribution in [-0.4, -0.2) is 21.8 Å². The number of para-hydroxylation sites is 1. The topological polar surface area (TPSA) is 89.2 Å². The number of halogens is 1. The Morgan fingerprint density at radius 1 is 1.29 bits per heavy atom. The van der Waals surface area contributed by atoms with E-state index in [0.717, 1.165) is 20.6 Å². The van der Waals surface area contributed by atoms with Gasteiger partial charge in [0.05, 0.1) is 23.5 Å². The first-order chi connectivity index (χ1) is 13.3. The number of aryl methyl sites for hydroxylation is 1. The van der Waals surface area contributed by atoms with Crippen LogP contribution in [0.15, 0.2) is 34.0 Å². The van der Waals surface area contributed by atoms with Crippen LogP contribution >= 0.6 is 34.4 Å². The van der Waals surface area contributed by atoms with Gasteiger partial charge in [0, 0.05) is 22.9 Å². The molecule has 2 amide bonds. The maximum atomic E-state index is 14.1. The molecule has 146 valence electrons. The van der Waals surface area contributed by atoms with E-state index in [0.29, 0.717) is 10.9 Å². The van der Waals surface area contributed by atoms with E-state index >= 15 is 0 Å². The molecule has 2 aromatic heterocycles. The number of hydrogen-bond acceptors (Lipinski definition) is 7. The lowest BCUT2D eigenvalue weighted by atomic mass is 10.3. The minimum absolute atomic E-state index is 0.176. The fourth-order valence-corrected chi connectivity index (χ4v) is 5.55. The molecule has 28 heavy (non-hydrogen) atoms. The highest BCUT2D eigenvalue weighted by Crippen LogP contribution is 2.34. The van der Waals surface area contributed by atoms with Crippen LogP contribution in [0.4, 0.5) is 15.2 Å². The number of thiazole rings is 2. The minimum Gasteiger partial charge on any atom is -0.369 e. The number of carbonyl (C=O) groups is 2. The highest BCUT2D eigenvalue weighted by Gasteiger charge is 2.21. The molecule has 0 fully saturated rings. The zero-order valence-electron chi connectivity index (χ0n) is 15.1. The molecular formula is C18H17FN4O2S3. The Morgan fingerprint density at radius 2 is 2.04 bits per heavy atom. The second-order valence-electron chi connectivity index (χ2n) is 5.85. The Labute approximate surface area is 173 Å². The molecule has 3 aromatic rings. The van der Waals surface area contributed by atoms with Crippen LogP contribution in [0.25, 0.3) is 0 Å². The number of hydrogen-bond donors (Lipinski definition) is 1. The first kappa shape index (κ1) is 20.4. The number of thioether (sulfide) groups is 1. The van der Waals surface area contributed by atoms with E-state index in [-0.39, 0.29) is 23.9 Å². The largest absolute Gasteiger partial charge is 0.369 e. The van der Waals surface area contributed by atoms with Gasteiger partial charge in [-0.1, -0.05) is 23.9 Å². The van der Waals surface area contributed by atoms with Crippen molar-refractivity contribution in [3.8, 4) is 0 Å². The molecule has 2 heterocycles. The molecule has 2 N–H and O–H groups in total. The number of benzene rings is 1. The number of anilines is 2. The third kappa shape index (κ3) is 4.75. The Kier molecular flexibility index (Phi) is 6.42. The predicted octanol–water partition coefficient (Wildman–Crippen LogP) is 4.05. The van der Waals surface area contributed by atoms with Crippen LogP contribution in [0.3, 0.4) is 0 Å². The van der Waals surface area contributed by atoms with Crippen LogP contribution < -0.4 is 10.6 Å². The van der Waals surface area contributed by atoms with Crippen molar-refractivity contribution in [1.82, 2.24) is 9.97 Å². The molecule has 0 unspecified atom stereocenters. The van der Waals surface area contributed by atoms with Crippen molar-refractivity contribution >= 4 is 57.1 Å². The van der Waals surface area contributed by atoms with Crippen molar-refractivity contribution in [1.29, 1.82) is 0 Å². The van der Waals surface area contributed by atoms with Gasteiger partial charge in [0.2, 0.25) is 11.8 Å². The predicted molar refractivity (Wildman–Crippen MR) is 111 cm³/mol. The van der Waals surface area contributed by atoms with E-state index in [2.05, 4.69) is 9.97 Å². The average Bonchev–Trinajstić information content (AvgIpc) is 3.21. The summed E-state index contributed by atoms with van der Waals surface area (Å²) in [5.74, 6) is -0.637. The number of amides is 2. The number of rotatable bonds is 7. The lowest BCUT2D eigenvalue weighted by Crippen LogP contribution is -2.23. The number of nitrogens with zero attached hydrogens (tertiary/aromatic N) is 3. The van der Waals surface area contributed by atoms with E-state index in [1.54, 1.807) is 18.2 Å². The Hall–Kier alpha value is -2.30. The van der Waals surface area contributed by atoms with Gasteiger partial charge < -0.3 is 5.73 Å². The Balaban J connectivity index is 1.74. The summed E-state index contributed by atoms with van der Waals surface area (Å²) in [4.78, 5) is 34.2. The normalized spacial score (nSPS) is 10.8. The smallest absolute Gasteiger partial charge is 0.230 e. The highest BCUT2D eigenvalue weighted by molar-refractivity contribution is 8.00. The van der Waals surface area contributed by atoms with Gasteiger partial charge in [0.25, 0.3) is 0 Å². The van der Waals surface area contributed by atoms with Gasteiger partial charge in [-0.05, 0) is 19.1 Å². The molecule has 0 bridgehead atoms. The molecule has 1 aromatic carbocycles. The second kappa shape index (κ2) is 8.80. The standard InChI is InChI=1S/C18H17FN4O2S3/c1-10-15(7-16(20)25)28-18(21-10)27-9-12-8-26-17(22-12)23(11(2)24)14-6-4-3-5-13(14)19/h3-6,8H,7,9H2,1-2H3,(H2,20,25). The van der Waals surface area contributed by atoms with Crippen molar-refractivity contribution in [2.24, 2.45) is 5.73 Å². The van der Waals surface area contributed by atoms with Gasteiger partial charge in [-0.15, -0.1) is 22.7 Å². The summed E-state index contributed by atoms with van der Waals surface area (Å²) >= 11 is 4.20. The van der Waals surface area contributed by atoms with Gasteiger partial charge in [0.1, 0.15) is 5.82 Å². The third-order valence-electron chi connectivity index (χ3n) is 3.69. The van der Waals surface area contributed by atoms with Gasteiger partial charge >= 0.3 is 0 Å². The van der Waals surface area contributed by atoms with Crippen molar-refractivity contribution in [3.63, 3.8) is 0 Å². The van der Waals surface area contributed by atoms with Crippen LogP contribution in [0.5, 0.6) is 0 Å². The summed E-state index contributed by atoms with van der Waals surface area (Å²) in [5.41, 5.74) is 6.98. The average molecular weight is 437 g/mol. The van der Waals surface area contributed by atoms with Gasteiger partial charge in [-0.3, -0.25) is 14.5 Å². The zero-order valence-corrected chi connectivity index (χ0v) is 17.6. The number of aromatic nitrogens is 2. The van der Waals surface area contributed by atoms with Crippen molar-refractivity contribution < 1.29 is 14.0 Å². The minimum atomic E-state index is -0.482. The van der Waals surface area contributed by atoms with Crippen LogP contribution in [0, 0.1) is 12.7 Å². The molecule has 6 nitrogen and oxygen atoms in total. The van der Waals surface area contributed by atoms with Crippen molar-refractivity contribution in [3.05, 3.63) is 51.7 Å². The van der Waals surface area contributed by atoms with E-state index in [4.69, 9.17) is 5.73 Å². The maximum Gasteiger partial charge on any atom is 0.230 e. The Bertz CT molecular complexity index is 1020. The molecule has 0 saturated carbocycles. The van der Waals surface area contributed by atoms with Crippen LogP contribution in [0.1, 0.15) is 23.2 Å². The molecular weight excluding hydrogens is 419 g/mol. The van der Waals surface area contributed by atoms with E-state index in [1.807, 2.05) is 12.3 Å². The number of nitrogens with two attached hydrogens (primary N) is 1. The summed E-state index contributed by atoms with van der Waals surface area (Å²) in [6, 6.07) is 6.10. The van der Waals surface area contributed by atoms with Crippen LogP contribution in [-0.2, 0) is 21.8 Å². The Morgan fingerprint density at radius 3 is 2.71 bits per heavy atom. The third-order valence-corrected chi connectivity index (χ3v) is 6.90. The quantitative estimate of drug-likeness (QED) is 0.565. The number of primary amides is 1. The van der Waals surface area contributed by atoms with Gasteiger partial charge in [-0.25, -0.2) is 14.4 Å². The highest BCUT2D eigenvalue weighted by atomic mass is 32.2. The molecule has 0 aliphatic heterocycles. The monoisotopic (exact) mass is 436 g/mol. The van der Waals surface area contributed by atoms with Gasteiger partial charge in [0.15, 0.2) is 9.47 Å². The summed E-state index contributed by atoms with van der Waals surface area (Å²) in [7, 11) is 0. The fraction of sp³-hybridized carbons (Fsp3) is 0.222. The molecule has 10 heteroatoms. The summed E-state index contributed by atoms with van der Waals surface area (Å²) in [5, 5.41) is 2.25. The van der Waals surface area contributed by atoms with E-state index < -0.39 is 5.82 Å². The summed E-state index contributed by atoms with van der Waals surface area (Å²) < 4.78 is 15.0. The molecule has 0 spiro atoms. The van der Waals surface area contributed by atoms with Crippen molar-refractivity contribution in [2.75, 3.05) is 4.90 Å². The molecule has 3 rings (SSSR count).